The Morgan fingerprint density at radius 2 is 1.97 bits per heavy atom. The molecule has 1 aliphatic carbocycles. The van der Waals surface area contributed by atoms with E-state index in [0.29, 0.717) is 25.7 Å². The number of benzene rings is 1. The van der Waals surface area contributed by atoms with Crippen LogP contribution in [0.4, 0.5) is 4.79 Å². The van der Waals surface area contributed by atoms with Crippen LogP contribution in [0.15, 0.2) is 18.2 Å². The Hall–Kier alpha value is -2.03. The van der Waals surface area contributed by atoms with Gasteiger partial charge < -0.3 is 30.0 Å². The van der Waals surface area contributed by atoms with E-state index in [1.54, 1.807) is 14.2 Å². The van der Waals surface area contributed by atoms with Crippen molar-refractivity contribution in [1.82, 2.24) is 10.2 Å². The predicted molar refractivity (Wildman–Crippen MR) is 119 cm³/mol. The summed E-state index contributed by atoms with van der Waals surface area (Å²) in [6.07, 6.45) is 6.12. The largest absolute Gasteiger partial charge is 0.493 e. The maximum Gasteiger partial charge on any atom is 0.407 e. The summed E-state index contributed by atoms with van der Waals surface area (Å²) in [5, 5.41) is 2.67. The van der Waals surface area contributed by atoms with Gasteiger partial charge >= 0.3 is 6.09 Å². The van der Waals surface area contributed by atoms with Crippen LogP contribution in [0.5, 0.6) is 11.5 Å². The quantitative estimate of drug-likeness (QED) is 0.582. The van der Waals surface area contributed by atoms with Gasteiger partial charge in [-0.15, -0.1) is 0 Å². The number of methoxy groups -OCH3 is 2. The molecule has 1 amide bonds. The van der Waals surface area contributed by atoms with Gasteiger partial charge in [-0.05, 0) is 43.4 Å². The normalized spacial score (nSPS) is 24.0. The molecule has 31 heavy (non-hydrogen) atoms. The van der Waals surface area contributed by atoms with E-state index in [4.69, 9.17) is 24.7 Å². The number of nitrogens with zero attached hydrogens (tertiary/aromatic N) is 1. The lowest BCUT2D eigenvalue weighted by atomic mass is 9.91. The van der Waals surface area contributed by atoms with Crippen LogP contribution in [0.1, 0.15) is 37.7 Å². The lowest BCUT2D eigenvalue weighted by Gasteiger charge is -2.37. The summed E-state index contributed by atoms with van der Waals surface area (Å²) in [6.45, 7) is 3.24. The summed E-state index contributed by atoms with van der Waals surface area (Å²) in [6, 6.07) is 6.39. The molecule has 0 radical (unpaired) electrons. The number of nitrogens with two attached hydrogens (primary N) is 1. The molecule has 174 valence electrons. The number of hydrogen-bond donors (Lipinski definition) is 2. The Balaban J connectivity index is 1.48. The number of nitrogens with one attached hydrogen (secondary N) is 1. The van der Waals surface area contributed by atoms with E-state index in [1.165, 1.54) is 18.4 Å². The summed E-state index contributed by atoms with van der Waals surface area (Å²) in [7, 11) is 3.30. The summed E-state index contributed by atoms with van der Waals surface area (Å²) in [5.41, 5.74) is 6.59. The van der Waals surface area contributed by atoms with Crippen LogP contribution in [0.25, 0.3) is 0 Å². The Morgan fingerprint density at radius 1 is 1.16 bits per heavy atom. The number of carbonyl (C=O) groups excluding carboxylic acids is 1. The highest BCUT2D eigenvalue weighted by atomic mass is 16.6. The van der Waals surface area contributed by atoms with E-state index in [9.17, 15) is 4.79 Å². The summed E-state index contributed by atoms with van der Waals surface area (Å²) >= 11 is 0. The molecule has 1 aromatic rings. The molecular formula is C23H37N3O5. The number of carbonyl (C=O) groups is 1. The Morgan fingerprint density at radius 3 is 2.74 bits per heavy atom. The molecule has 1 aromatic carbocycles. The van der Waals surface area contributed by atoms with E-state index >= 15 is 0 Å². The van der Waals surface area contributed by atoms with E-state index in [2.05, 4.69) is 16.3 Å². The predicted octanol–water partition coefficient (Wildman–Crippen LogP) is 2.33. The Kier molecular flexibility index (Phi) is 9.24. The fraction of sp³-hybridized carbons (Fsp3) is 0.696. The van der Waals surface area contributed by atoms with Gasteiger partial charge in [0.15, 0.2) is 11.5 Å². The van der Waals surface area contributed by atoms with Crippen molar-refractivity contribution in [2.45, 2.75) is 56.8 Å². The molecule has 0 aromatic heterocycles. The zero-order chi connectivity index (χ0) is 22.1. The molecule has 0 bridgehead atoms. The van der Waals surface area contributed by atoms with Gasteiger partial charge in [0.2, 0.25) is 0 Å². The van der Waals surface area contributed by atoms with Gasteiger partial charge in [-0.1, -0.05) is 18.9 Å². The molecule has 2 fully saturated rings. The smallest absolute Gasteiger partial charge is 0.407 e. The zero-order valence-corrected chi connectivity index (χ0v) is 18.8. The first kappa shape index (κ1) is 23.6. The number of likely N-dealkylation sites (tertiary alicyclic amines) is 1. The molecule has 3 atom stereocenters. The summed E-state index contributed by atoms with van der Waals surface area (Å²) in [5.74, 6) is 1.48. The van der Waals surface area contributed by atoms with Gasteiger partial charge in [0, 0.05) is 32.2 Å². The van der Waals surface area contributed by atoms with Crippen molar-refractivity contribution in [2.24, 2.45) is 5.73 Å². The van der Waals surface area contributed by atoms with Gasteiger partial charge in [-0.25, -0.2) is 4.79 Å². The van der Waals surface area contributed by atoms with Crippen LogP contribution in [0, 0.1) is 0 Å². The van der Waals surface area contributed by atoms with Crippen molar-refractivity contribution >= 4 is 6.09 Å². The molecular weight excluding hydrogens is 398 g/mol. The highest BCUT2D eigenvalue weighted by molar-refractivity contribution is 5.67. The van der Waals surface area contributed by atoms with E-state index < -0.39 is 0 Å². The van der Waals surface area contributed by atoms with Crippen LogP contribution < -0.4 is 20.5 Å². The third-order valence-corrected chi connectivity index (χ3v) is 6.17. The van der Waals surface area contributed by atoms with Crippen molar-refractivity contribution in [3.05, 3.63) is 23.8 Å². The number of ether oxygens (including phenoxy) is 4. The average molecular weight is 436 g/mol. The topological polar surface area (TPSA) is 95.3 Å². The van der Waals surface area contributed by atoms with Crippen molar-refractivity contribution in [3.8, 4) is 11.5 Å². The number of rotatable bonds is 10. The third-order valence-electron chi connectivity index (χ3n) is 6.17. The second-order valence-corrected chi connectivity index (χ2v) is 8.23. The third kappa shape index (κ3) is 6.72. The van der Waals surface area contributed by atoms with E-state index in [1.807, 2.05) is 12.1 Å². The van der Waals surface area contributed by atoms with Crippen molar-refractivity contribution in [3.63, 3.8) is 0 Å². The van der Waals surface area contributed by atoms with Gasteiger partial charge in [0.1, 0.15) is 6.10 Å². The maximum absolute atomic E-state index is 11.8. The minimum atomic E-state index is -0.372. The molecule has 0 unspecified atom stereocenters. The van der Waals surface area contributed by atoms with E-state index in [-0.39, 0.29) is 18.3 Å². The molecule has 8 heteroatoms. The molecule has 3 rings (SSSR count). The molecule has 1 saturated heterocycles. The minimum absolute atomic E-state index is 0.0629. The number of amides is 1. The molecule has 3 N–H and O–H groups in total. The van der Waals surface area contributed by atoms with Gasteiger partial charge in [-0.2, -0.15) is 0 Å². The summed E-state index contributed by atoms with van der Waals surface area (Å²) in [4.78, 5) is 14.3. The fourth-order valence-corrected chi connectivity index (χ4v) is 4.57. The molecule has 1 aliphatic heterocycles. The second-order valence-electron chi connectivity index (χ2n) is 8.23. The van der Waals surface area contributed by atoms with Gasteiger partial charge in [-0.3, -0.25) is 4.90 Å². The zero-order valence-electron chi connectivity index (χ0n) is 18.8. The summed E-state index contributed by atoms with van der Waals surface area (Å²) < 4.78 is 22.6. The minimum Gasteiger partial charge on any atom is -0.493 e. The Labute approximate surface area is 185 Å². The highest BCUT2D eigenvalue weighted by Crippen LogP contribution is 2.30. The SMILES string of the molecule is COc1ccc(CCO[C@@H]2CCCC[C@H]2N2CC[C@@H](OC(=O)NCCN)C2)cc1OC. The monoisotopic (exact) mass is 435 g/mol. The lowest BCUT2D eigenvalue weighted by Crippen LogP contribution is -2.46. The van der Waals surface area contributed by atoms with E-state index in [0.717, 1.165) is 50.3 Å². The fourth-order valence-electron chi connectivity index (χ4n) is 4.57. The van der Waals surface area contributed by atoms with Gasteiger partial charge in [0.25, 0.3) is 0 Å². The van der Waals surface area contributed by atoms with Crippen LogP contribution in [0.2, 0.25) is 0 Å². The molecule has 8 nitrogen and oxygen atoms in total. The van der Waals surface area contributed by atoms with Crippen LogP contribution >= 0.6 is 0 Å². The van der Waals surface area contributed by atoms with Crippen molar-refractivity contribution in [2.75, 3.05) is 47.0 Å². The van der Waals surface area contributed by atoms with Crippen LogP contribution in [0.3, 0.4) is 0 Å². The lowest BCUT2D eigenvalue weighted by molar-refractivity contribution is -0.0319. The second kappa shape index (κ2) is 12.1. The first-order chi connectivity index (χ1) is 15.1. The first-order valence-electron chi connectivity index (χ1n) is 11.4. The average Bonchev–Trinajstić information content (AvgIpc) is 3.26. The number of alkyl carbamates (subject to hydrolysis) is 1. The maximum atomic E-state index is 11.8. The molecule has 1 heterocycles. The molecule has 0 spiro atoms. The van der Waals surface area contributed by atoms with Crippen molar-refractivity contribution in [1.29, 1.82) is 0 Å². The molecule has 1 saturated carbocycles. The van der Waals surface area contributed by atoms with Gasteiger partial charge in [0.05, 0.1) is 26.9 Å². The first-order valence-corrected chi connectivity index (χ1v) is 11.4. The number of hydrogen-bond acceptors (Lipinski definition) is 7. The molecule has 2 aliphatic rings. The highest BCUT2D eigenvalue weighted by Gasteiger charge is 2.36. The van der Waals surface area contributed by atoms with Crippen molar-refractivity contribution < 1.29 is 23.7 Å². The van der Waals surface area contributed by atoms with Crippen LogP contribution in [-0.4, -0.2) is 76.2 Å². The standard InChI is InChI=1S/C23H37N3O5/c1-28-21-8-7-17(15-22(21)29-2)10-14-30-20-6-4-3-5-19(20)26-13-9-18(16-26)31-23(27)25-12-11-24/h7-8,15,18-20H,3-6,9-14,16,24H2,1-2H3,(H,25,27)/t18-,19-,20-/m1/s1. The Bertz CT molecular complexity index is 702. The van der Waals surface area contributed by atoms with Crippen LogP contribution in [-0.2, 0) is 15.9 Å².